The Hall–Kier alpha value is 2.19. The van der Waals surface area contributed by atoms with Gasteiger partial charge in [-0.1, -0.05) is 0 Å². The van der Waals surface area contributed by atoms with E-state index in [0.717, 1.165) is 0 Å². The normalized spacial score (nSPS) is 9.00. The summed E-state index contributed by atoms with van der Waals surface area (Å²) in [6.07, 6.45) is 0. The Bertz CT molecular complexity index is 46.9. The van der Waals surface area contributed by atoms with Crippen LogP contribution in [0.1, 0.15) is 0 Å². The summed E-state index contributed by atoms with van der Waals surface area (Å²) >= 11 is 3.78. The molecule has 0 amide bonds. The van der Waals surface area contributed by atoms with Gasteiger partial charge in [-0.25, -0.2) is 0 Å². The van der Waals surface area contributed by atoms with Crippen molar-refractivity contribution in [3.05, 3.63) is 8.05 Å². The summed E-state index contributed by atoms with van der Waals surface area (Å²) in [6, 6.07) is 0. The van der Waals surface area contributed by atoms with E-state index in [1.54, 1.807) is 23.0 Å². The Morgan fingerprint density at radius 3 is 2.40 bits per heavy atom. The second kappa shape index (κ2) is 6.19. The van der Waals surface area contributed by atoms with E-state index in [1.807, 2.05) is 18.2 Å². The molecule has 0 aromatic rings. The fourth-order valence-electron chi connectivity index (χ4n) is 0.0333. The van der Waals surface area contributed by atoms with Crippen LogP contribution in [0.2, 0.25) is 0 Å². The van der Waals surface area contributed by atoms with Crippen molar-refractivity contribution in [3.8, 4) is 0 Å². The summed E-state index contributed by atoms with van der Waals surface area (Å²) in [5, 5.41) is 0. The zero-order valence-corrected chi connectivity index (χ0v) is 10.5. The van der Waals surface area contributed by atoms with Crippen LogP contribution < -0.4 is 0 Å². The zero-order valence-electron chi connectivity index (χ0n) is 2.55. The van der Waals surface area contributed by atoms with Crippen LogP contribution in [0, 0.1) is 0 Å². The van der Waals surface area contributed by atoms with E-state index < -0.39 is 0 Å². The van der Waals surface area contributed by atoms with Crippen LogP contribution in [-0.2, 0) is 0 Å². The van der Waals surface area contributed by atoms with Crippen molar-refractivity contribution < 1.29 is 0 Å². The Morgan fingerprint density at radius 2 is 2.40 bits per heavy atom. The molecular weight excluding hydrogens is 389 g/mol. The molecule has 0 aliphatic carbocycles. The molecule has 0 saturated carbocycles. The average molecular weight is 392 g/mol. The van der Waals surface area contributed by atoms with Gasteiger partial charge in [0.2, 0.25) is 0 Å². The van der Waals surface area contributed by atoms with Crippen molar-refractivity contribution in [2.24, 2.45) is 0 Å². The Balaban J connectivity index is 2.92. The summed E-state index contributed by atoms with van der Waals surface area (Å²) < 4.78 is 4.56. The second-order valence-electron chi connectivity index (χ2n) is 0.431. The second-order valence-corrected chi connectivity index (χ2v) is 7.31. The summed E-state index contributed by atoms with van der Waals surface area (Å²) in [5.74, 6) is 0. The fraction of sp³-hybridized carbons (Fsp3) is 0. The first-order valence-electron chi connectivity index (χ1n) is 1.08. The van der Waals surface area contributed by atoms with Gasteiger partial charge in [-0.2, -0.15) is 0 Å². The van der Waals surface area contributed by atoms with Gasteiger partial charge >= 0.3 is 66.1 Å². The molecule has 0 aliphatic rings. The van der Waals surface area contributed by atoms with Crippen LogP contribution in [0.15, 0.2) is 8.05 Å². The van der Waals surface area contributed by atoms with Gasteiger partial charge in [-0.15, -0.1) is 0 Å². The fourth-order valence-corrected chi connectivity index (χ4v) is 10.1. The van der Waals surface area contributed by atoms with Gasteiger partial charge in [0.25, 0.3) is 0 Å². The molecule has 2 radical (unpaired) electrons. The molecule has 0 nitrogen and oxygen atoms in total. The molecule has 0 unspecified atom stereocenters. The predicted octanol–water partition coefficient (Wildman–Crippen LogP) is -0.854. The summed E-state index contributed by atoms with van der Waals surface area (Å²) in [4.78, 5) is 0. The monoisotopic (exact) mass is 390 g/mol. The minimum atomic E-state index is 0.232. The molecule has 0 aromatic carbocycles. The molecule has 0 fully saturated rings. The SMILES string of the molecule is [Sb]=[Sb][CH]=[CH][SbH]. The first-order valence-corrected chi connectivity index (χ1v) is 13.0. The standard InChI is InChI=1S/C2H2.3Sb.H/c1-2;;;;/h1-2H;;;;. The molecule has 0 aromatic heterocycles. The van der Waals surface area contributed by atoms with E-state index in [2.05, 4.69) is 8.05 Å². The third-order valence-electron chi connectivity index (χ3n) is 0.141. The van der Waals surface area contributed by atoms with Crippen LogP contribution in [-0.4, -0.2) is 58.1 Å². The van der Waals surface area contributed by atoms with Gasteiger partial charge < -0.3 is 0 Å². The maximum atomic E-state index is 2.34. The van der Waals surface area contributed by atoms with Crippen molar-refractivity contribution in [1.82, 2.24) is 0 Å². The molecule has 0 N–H and O–H groups in total. The molecule has 3 heteroatoms. The van der Waals surface area contributed by atoms with Gasteiger partial charge in [0.15, 0.2) is 0 Å². The Kier molecular flexibility index (Phi) is 8.91. The molecule has 0 saturated heterocycles. The molecule has 26 valence electrons. The van der Waals surface area contributed by atoms with E-state index in [9.17, 15) is 0 Å². The van der Waals surface area contributed by atoms with Crippen LogP contribution in [0.4, 0.5) is 0 Å². The van der Waals surface area contributed by atoms with Crippen LogP contribution >= 0.6 is 0 Å². The summed E-state index contributed by atoms with van der Waals surface area (Å²) in [5.41, 5.74) is 0. The van der Waals surface area contributed by atoms with E-state index in [-0.39, 0.29) is 16.8 Å². The molecular formula is C2H3Sb3. The third kappa shape index (κ3) is 6.19. The topological polar surface area (TPSA) is 0 Å². The van der Waals surface area contributed by atoms with E-state index in [1.165, 1.54) is 0 Å². The van der Waals surface area contributed by atoms with Crippen LogP contribution in [0.3, 0.4) is 0 Å². The minimum absolute atomic E-state index is 0.232. The average Bonchev–Trinajstić information content (AvgIpc) is 1.41. The van der Waals surface area contributed by atoms with Gasteiger partial charge in [-0.3, -0.25) is 0 Å². The third-order valence-corrected chi connectivity index (χ3v) is 6.35. The molecule has 0 bridgehead atoms. The Morgan fingerprint density at radius 1 is 1.80 bits per heavy atom. The number of hydrogen-bond donors (Lipinski definition) is 0. The van der Waals surface area contributed by atoms with Gasteiger partial charge in [-0.05, 0) is 0 Å². The van der Waals surface area contributed by atoms with Gasteiger partial charge in [0.1, 0.15) is 0 Å². The van der Waals surface area contributed by atoms with E-state index in [0.29, 0.717) is 0 Å². The van der Waals surface area contributed by atoms with Crippen molar-refractivity contribution in [2.75, 3.05) is 0 Å². The van der Waals surface area contributed by atoms with Crippen molar-refractivity contribution in [3.63, 3.8) is 0 Å². The number of rotatable bonds is 1. The van der Waals surface area contributed by atoms with Gasteiger partial charge in [0, 0.05) is 0 Å². The molecule has 0 aliphatic heterocycles. The van der Waals surface area contributed by atoms with Crippen molar-refractivity contribution in [1.29, 1.82) is 0 Å². The molecule has 0 spiro atoms. The van der Waals surface area contributed by atoms with Crippen LogP contribution in [0.25, 0.3) is 0 Å². The zero-order chi connectivity index (χ0) is 4.12. The predicted molar refractivity (Wildman–Crippen MR) is 27.8 cm³/mol. The summed E-state index contributed by atoms with van der Waals surface area (Å²) in [7, 11) is 0. The molecule has 0 heterocycles. The number of hydrogen-bond acceptors (Lipinski definition) is 0. The van der Waals surface area contributed by atoms with E-state index >= 15 is 0 Å². The Labute approximate surface area is 64.8 Å². The molecule has 0 rings (SSSR count). The summed E-state index contributed by atoms with van der Waals surface area (Å²) in [6.45, 7) is 0. The van der Waals surface area contributed by atoms with Crippen molar-refractivity contribution >= 4 is 58.1 Å². The first-order chi connectivity index (χ1) is 2.41. The van der Waals surface area contributed by atoms with Crippen molar-refractivity contribution in [2.45, 2.75) is 0 Å². The quantitative estimate of drug-likeness (QED) is 0.510. The van der Waals surface area contributed by atoms with Gasteiger partial charge in [0.05, 0.1) is 0 Å². The molecule has 5 heavy (non-hydrogen) atoms. The van der Waals surface area contributed by atoms with E-state index in [4.69, 9.17) is 0 Å². The maximum absolute atomic E-state index is 2.34. The molecule has 0 atom stereocenters. The van der Waals surface area contributed by atoms with Crippen LogP contribution in [0.5, 0.6) is 0 Å². The first kappa shape index (κ1) is 7.19.